The molecule has 2 fully saturated rings. The molecule has 1 heterocycles. The molecule has 0 bridgehead atoms. The Kier molecular flexibility index (Phi) is 4.29. The number of carbonyl (C=O) groups is 2. The number of hydrogen-bond acceptors (Lipinski definition) is 3. The van der Waals surface area contributed by atoms with Crippen molar-refractivity contribution >= 4 is 11.8 Å². The Morgan fingerprint density at radius 2 is 1.74 bits per heavy atom. The first-order valence-electron chi connectivity index (χ1n) is 7.51. The first kappa shape index (κ1) is 14.5. The predicted molar refractivity (Wildman–Crippen MR) is 74.4 cm³/mol. The van der Waals surface area contributed by atoms with Crippen LogP contribution in [0.15, 0.2) is 0 Å². The summed E-state index contributed by atoms with van der Waals surface area (Å²) in [4.78, 5) is 25.5. The molecule has 2 amide bonds. The van der Waals surface area contributed by atoms with E-state index in [1.54, 1.807) is 0 Å². The summed E-state index contributed by atoms with van der Waals surface area (Å²) in [5.41, 5.74) is 0. The second-order valence-corrected chi connectivity index (χ2v) is 6.65. The van der Waals surface area contributed by atoms with E-state index >= 15 is 0 Å². The number of imide groups is 1. The summed E-state index contributed by atoms with van der Waals surface area (Å²) in [5, 5.41) is 3.33. The highest BCUT2D eigenvalue weighted by atomic mass is 16.2. The summed E-state index contributed by atoms with van der Waals surface area (Å²) >= 11 is 0. The van der Waals surface area contributed by atoms with E-state index in [9.17, 15) is 9.59 Å². The molecule has 0 aromatic heterocycles. The van der Waals surface area contributed by atoms with Gasteiger partial charge in [0.1, 0.15) is 0 Å². The van der Waals surface area contributed by atoms with Gasteiger partial charge in [0.05, 0.1) is 12.5 Å². The second-order valence-electron chi connectivity index (χ2n) is 6.65. The normalized spacial score (nSPS) is 24.4. The molecule has 1 aliphatic heterocycles. The molecule has 1 aliphatic carbocycles. The molecule has 0 spiro atoms. The number of nitrogens with zero attached hydrogens (tertiary/aromatic N) is 1. The summed E-state index contributed by atoms with van der Waals surface area (Å²) in [6, 6.07) is -0.0779. The SMILES string of the molecule is CC(C)C(CNC1CC(=O)N(C2CC2)C1=O)C(C)C. The fourth-order valence-corrected chi connectivity index (χ4v) is 3.05. The molecule has 2 aliphatic rings. The highest BCUT2D eigenvalue weighted by Crippen LogP contribution is 2.31. The molecular weight excluding hydrogens is 240 g/mol. The largest absolute Gasteiger partial charge is 0.305 e. The minimum atomic E-state index is -0.284. The van der Waals surface area contributed by atoms with Crippen LogP contribution < -0.4 is 5.32 Å². The summed E-state index contributed by atoms with van der Waals surface area (Å²) in [5.74, 6) is 1.71. The summed E-state index contributed by atoms with van der Waals surface area (Å²) in [7, 11) is 0. The molecular formula is C15H26N2O2. The Bertz CT molecular complexity index is 353. The number of likely N-dealkylation sites (tertiary alicyclic amines) is 1. The lowest BCUT2D eigenvalue weighted by molar-refractivity contribution is -0.139. The van der Waals surface area contributed by atoms with Crippen molar-refractivity contribution in [2.24, 2.45) is 17.8 Å². The van der Waals surface area contributed by atoms with Gasteiger partial charge in [-0.2, -0.15) is 0 Å². The molecule has 1 unspecified atom stereocenters. The zero-order valence-corrected chi connectivity index (χ0v) is 12.5. The monoisotopic (exact) mass is 266 g/mol. The zero-order valence-electron chi connectivity index (χ0n) is 12.5. The Labute approximate surface area is 115 Å². The van der Waals surface area contributed by atoms with Crippen molar-refractivity contribution < 1.29 is 9.59 Å². The van der Waals surface area contributed by atoms with Gasteiger partial charge in [-0.3, -0.25) is 14.5 Å². The van der Waals surface area contributed by atoms with Crippen LogP contribution in [0.4, 0.5) is 0 Å². The molecule has 19 heavy (non-hydrogen) atoms. The molecule has 4 nitrogen and oxygen atoms in total. The van der Waals surface area contributed by atoms with Gasteiger partial charge < -0.3 is 5.32 Å². The summed E-state index contributed by atoms with van der Waals surface area (Å²) in [6.45, 7) is 9.67. The first-order valence-corrected chi connectivity index (χ1v) is 7.51. The standard InChI is InChI=1S/C15H26N2O2/c1-9(2)12(10(3)4)8-16-13-7-14(18)17(15(13)19)11-5-6-11/h9-13,16H,5-8H2,1-4H3. The van der Waals surface area contributed by atoms with Crippen LogP contribution in [0, 0.1) is 17.8 Å². The van der Waals surface area contributed by atoms with Crippen molar-refractivity contribution in [3.63, 3.8) is 0 Å². The summed E-state index contributed by atoms with van der Waals surface area (Å²) < 4.78 is 0. The predicted octanol–water partition coefficient (Wildman–Crippen LogP) is 1.79. The van der Waals surface area contributed by atoms with Gasteiger partial charge in [0.15, 0.2) is 0 Å². The van der Waals surface area contributed by atoms with Gasteiger partial charge in [0.25, 0.3) is 0 Å². The third kappa shape index (κ3) is 3.16. The van der Waals surface area contributed by atoms with Crippen LogP contribution in [-0.2, 0) is 9.59 Å². The van der Waals surface area contributed by atoms with Gasteiger partial charge in [-0.1, -0.05) is 27.7 Å². The average molecular weight is 266 g/mol. The molecule has 0 aromatic carbocycles. The van der Waals surface area contributed by atoms with E-state index < -0.39 is 0 Å². The Hall–Kier alpha value is -0.900. The van der Waals surface area contributed by atoms with Crippen molar-refractivity contribution in [1.82, 2.24) is 10.2 Å². The number of nitrogens with one attached hydrogen (secondary N) is 1. The van der Waals surface area contributed by atoms with E-state index in [2.05, 4.69) is 33.0 Å². The minimum absolute atomic E-state index is 0.00115. The molecule has 4 heteroatoms. The van der Waals surface area contributed by atoms with E-state index in [-0.39, 0.29) is 23.9 Å². The van der Waals surface area contributed by atoms with Gasteiger partial charge in [0, 0.05) is 6.04 Å². The van der Waals surface area contributed by atoms with Crippen molar-refractivity contribution in [1.29, 1.82) is 0 Å². The van der Waals surface area contributed by atoms with E-state index in [1.165, 1.54) is 4.90 Å². The Morgan fingerprint density at radius 3 is 2.21 bits per heavy atom. The molecule has 1 saturated carbocycles. The smallest absolute Gasteiger partial charge is 0.247 e. The van der Waals surface area contributed by atoms with E-state index in [0.717, 1.165) is 19.4 Å². The van der Waals surface area contributed by atoms with Gasteiger partial charge in [-0.25, -0.2) is 0 Å². The molecule has 0 radical (unpaired) electrons. The molecule has 1 saturated heterocycles. The lowest BCUT2D eigenvalue weighted by Crippen LogP contribution is -2.42. The van der Waals surface area contributed by atoms with Crippen LogP contribution in [0.1, 0.15) is 47.0 Å². The summed E-state index contributed by atoms with van der Waals surface area (Å²) in [6.07, 6.45) is 2.33. The molecule has 108 valence electrons. The maximum absolute atomic E-state index is 12.2. The molecule has 1 atom stereocenters. The topological polar surface area (TPSA) is 49.4 Å². The average Bonchev–Trinajstić information content (AvgIpc) is 3.07. The van der Waals surface area contributed by atoms with Crippen LogP contribution in [0.3, 0.4) is 0 Å². The molecule has 1 N–H and O–H groups in total. The Balaban J connectivity index is 1.89. The second kappa shape index (κ2) is 5.61. The van der Waals surface area contributed by atoms with Crippen molar-refractivity contribution in [3.8, 4) is 0 Å². The fourth-order valence-electron chi connectivity index (χ4n) is 3.05. The number of carbonyl (C=O) groups excluding carboxylic acids is 2. The lowest BCUT2D eigenvalue weighted by atomic mass is 9.85. The third-order valence-electron chi connectivity index (χ3n) is 4.41. The van der Waals surface area contributed by atoms with Gasteiger partial charge in [-0.15, -0.1) is 0 Å². The lowest BCUT2D eigenvalue weighted by Gasteiger charge is -2.26. The van der Waals surface area contributed by atoms with Crippen LogP contribution in [0.25, 0.3) is 0 Å². The van der Waals surface area contributed by atoms with E-state index in [1.807, 2.05) is 0 Å². The van der Waals surface area contributed by atoms with Gasteiger partial charge in [0.2, 0.25) is 11.8 Å². The zero-order chi connectivity index (χ0) is 14.2. The van der Waals surface area contributed by atoms with Gasteiger partial charge in [-0.05, 0) is 37.1 Å². The molecule has 0 aromatic rings. The maximum atomic E-state index is 12.2. The van der Waals surface area contributed by atoms with Crippen LogP contribution in [0.2, 0.25) is 0 Å². The van der Waals surface area contributed by atoms with E-state index in [4.69, 9.17) is 0 Å². The third-order valence-corrected chi connectivity index (χ3v) is 4.41. The minimum Gasteiger partial charge on any atom is -0.305 e. The van der Waals surface area contributed by atoms with E-state index in [0.29, 0.717) is 24.2 Å². The fraction of sp³-hybridized carbons (Fsp3) is 0.867. The van der Waals surface area contributed by atoms with Crippen LogP contribution >= 0.6 is 0 Å². The van der Waals surface area contributed by atoms with Crippen LogP contribution in [0.5, 0.6) is 0 Å². The number of hydrogen-bond donors (Lipinski definition) is 1. The number of rotatable bonds is 6. The highest BCUT2D eigenvalue weighted by Gasteiger charge is 2.45. The Morgan fingerprint density at radius 1 is 1.16 bits per heavy atom. The van der Waals surface area contributed by atoms with Crippen molar-refractivity contribution in [2.45, 2.75) is 59.0 Å². The maximum Gasteiger partial charge on any atom is 0.247 e. The van der Waals surface area contributed by atoms with Crippen molar-refractivity contribution in [3.05, 3.63) is 0 Å². The quantitative estimate of drug-likeness (QED) is 0.746. The highest BCUT2D eigenvalue weighted by molar-refractivity contribution is 6.06. The first-order chi connectivity index (χ1) is 8.91. The van der Waals surface area contributed by atoms with Crippen LogP contribution in [-0.4, -0.2) is 35.3 Å². The van der Waals surface area contributed by atoms with Crippen molar-refractivity contribution in [2.75, 3.05) is 6.54 Å². The van der Waals surface area contributed by atoms with Gasteiger partial charge >= 0.3 is 0 Å². The molecule has 2 rings (SSSR count). The number of amides is 2.